The van der Waals surface area contributed by atoms with Crippen molar-refractivity contribution >= 4 is 17.2 Å². The van der Waals surface area contributed by atoms with Crippen LogP contribution >= 0.6 is 11.3 Å². The van der Waals surface area contributed by atoms with E-state index in [1.807, 2.05) is 23.6 Å². The van der Waals surface area contributed by atoms with E-state index in [-0.39, 0.29) is 11.9 Å². The van der Waals surface area contributed by atoms with Gasteiger partial charge in [0.25, 0.3) is 0 Å². The van der Waals surface area contributed by atoms with Crippen molar-refractivity contribution in [2.45, 2.75) is 58.9 Å². The molecular formula is C20H28N2OS. The Labute approximate surface area is 149 Å². The predicted octanol–water partition coefficient (Wildman–Crippen LogP) is 5.10. The molecule has 4 heteroatoms. The van der Waals surface area contributed by atoms with Crippen LogP contribution in [0.25, 0.3) is 0 Å². The summed E-state index contributed by atoms with van der Waals surface area (Å²) in [7, 11) is 0. The minimum atomic E-state index is 0.0522. The molecule has 1 aromatic carbocycles. The number of nitrogens with zero attached hydrogens (tertiary/aromatic N) is 1. The van der Waals surface area contributed by atoms with Gasteiger partial charge < -0.3 is 5.32 Å². The van der Waals surface area contributed by atoms with Crippen LogP contribution in [0.2, 0.25) is 0 Å². The van der Waals surface area contributed by atoms with Crippen molar-refractivity contribution in [1.82, 2.24) is 10.3 Å². The molecule has 1 unspecified atom stereocenters. The van der Waals surface area contributed by atoms with Crippen molar-refractivity contribution in [2.24, 2.45) is 5.92 Å². The Hall–Kier alpha value is -1.68. The summed E-state index contributed by atoms with van der Waals surface area (Å²) in [6.07, 6.45) is 2.45. The molecule has 0 fully saturated rings. The number of hydrogen-bond acceptors (Lipinski definition) is 3. The van der Waals surface area contributed by atoms with Gasteiger partial charge in [0.1, 0.15) is 0 Å². The lowest BCUT2D eigenvalue weighted by atomic mass is 9.88. The van der Waals surface area contributed by atoms with Gasteiger partial charge in [-0.05, 0) is 11.5 Å². The highest BCUT2D eigenvalue weighted by Crippen LogP contribution is 2.27. The van der Waals surface area contributed by atoms with Crippen LogP contribution in [0.3, 0.4) is 0 Å². The number of benzene rings is 1. The molecule has 1 atom stereocenters. The lowest BCUT2D eigenvalue weighted by Crippen LogP contribution is -2.34. The van der Waals surface area contributed by atoms with Gasteiger partial charge in [0.2, 0.25) is 5.91 Å². The maximum absolute atomic E-state index is 12.6. The van der Waals surface area contributed by atoms with Gasteiger partial charge in [0, 0.05) is 11.3 Å². The van der Waals surface area contributed by atoms with Gasteiger partial charge in [-0.15, -0.1) is 11.3 Å². The second kappa shape index (κ2) is 8.97. The maximum Gasteiger partial charge on any atom is 0.226 e. The fraction of sp³-hybridized carbons (Fsp3) is 0.500. The standard InChI is InChI=1S/C20H28N2OS/c1-5-15(6-2)19(16-10-8-7-9-11-16)22-18(23)12-17-13-24-20(21-17)14(3)4/h7-11,13-15,19H,5-6,12H2,1-4H3,(H,22,23). The molecule has 24 heavy (non-hydrogen) atoms. The average molecular weight is 345 g/mol. The molecule has 3 nitrogen and oxygen atoms in total. The van der Waals surface area contributed by atoms with Gasteiger partial charge in [0.05, 0.1) is 23.2 Å². The average Bonchev–Trinajstić information content (AvgIpc) is 3.04. The summed E-state index contributed by atoms with van der Waals surface area (Å²) in [4.78, 5) is 17.1. The van der Waals surface area contributed by atoms with Crippen LogP contribution in [0.5, 0.6) is 0 Å². The van der Waals surface area contributed by atoms with E-state index in [1.54, 1.807) is 11.3 Å². The normalized spacial score (nSPS) is 12.6. The minimum Gasteiger partial charge on any atom is -0.349 e. The number of aromatic nitrogens is 1. The zero-order valence-corrected chi connectivity index (χ0v) is 15.9. The van der Waals surface area contributed by atoms with E-state index in [9.17, 15) is 4.79 Å². The fourth-order valence-electron chi connectivity index (χ4n) is 2.95. The Kier molecular flexibility index (Phi) is 6.98. The lowest BCUT2D eigenvalue weighted by Gasteiger charge is -2.27. The second-order valence-electron chi connectivity index (χ2n) is 6.54. The SMILES string of the molecule is CCC(CC)C(NC(=O)Cc1csc(C(C)C)n1)c1ccccc1. The topological polar surface area (TPSA) is 42.0 Å². The molecule has 1 amide bonds. The maximum atomic E-state index is 12.6. The minimum absolute atomic E-state index is 0.0522. The Balaban J connectivity index is 2.09. The Bertz CT molecular complexity index is 632. The highest BCUT2D eigenvalue weighted by Gasteiger charge is 2.22. The van der Waals surface area contributed by atoms with Gasteiger partial charge >= 0.3 is 0 Å². The van der Waals surface area contributed by atoms with E-state index in [0.717, 1.165) is 23.5 Å². The van der Waals surface area contributed by atoms with Gasteiger partial charge in [-0.3, -0.25) is 4.79 Å². The summed E-state index contributed by atoms with van der Waals surface area (Å²) in [5.41, 5.74) is 2.05. The summed E-state index contributed by atoms with van der Waals surface area (Å²) in [5, 5.41) is 6.35. The van der Waals surface area contributed by atoms with Crippen LogP contribution in [0.15, 0.2) is 35.7 Å². The molecule has 1 heterocycles. The van der Waals surface area contributed by atoms with Crippen molar-refractivity contribution < 1.29 is 4.79 Å². The molecule has 0 saturated heterocycles. The van der Waals surface area contributed by atoms with Gasteiger partial charge in [-0.25, -0.2) is 4.98 Å². The van der Waals surface area contributed by atoms with Crippen LogP contribution < -0.4 is 5.32 Å². The molecule has 0 saturated carbocycles. The Morgan fingerprint density at radius 1 is 1.17 bits per heavy atom. The zero-order chi connectivity index (χ0) is 17.5. The highest BCUT2D eigenvalue weighted by atomic mass is 32.1. The fourth-order valence-corrected chi connectivity index (χ4v) is 3.79. The first kappa shape index (κ1) is 18.7. The summed E-state index contributed by atoms with van der Waals surface area (Å²) in [5.74, 6) is 0.905. The monoisotopic (exact) mass is 344 g/mol. The molecule has 0 aliphatic heterocycles. The molecule has 0 spiro atoms. The van der Waals surface area contributed by atoms with Crippen LogP contribution in [0.4, 0.5) is 0 Å². The number of amides is 1. The quantitative estimate of drug-likeness (QED) is 0.723. The molecule has 2 rings (SSSR count). The summed E-state index contributed by atoms with van der Waals surface area (Å²) in [6, 6.07) is 10.3. The number of nitrogens with one attached hydrogen (secondary N) is 1. The first-order valence-corrected chi connectivity index (χ1v) is 9.71. The number of carbonyl (C=O) groups excluding carboxylic acids is 1. The lowest BCUT2D eigenvalue weighted by molar-refractivity contribution is -0.121. The zero-order valence-electron chi connectivity index (χ0n) is 15.1. The molecule has 1 N–H and O–H groups in total. The van der Waals surface area contributed by atoms with Crippen molar-refractivity contribution in [1.29, 1.82) is 0 Å². The third kappa shape index (κ3) is 4.91. The van der Waals surface area contributed by atoms with E-state index < -0.39 is 0 Å². The summed E-state index contributed by atoms with van der Waals surface area (Å²) < 4.78 is 0. The smallest absolute Gasteiger partial charge is 0.226 e. The first-order chi connectivity index (χ1) is 11.5. The first-order valence-electron chi connectivity index (χ1n) is 8.83. The number of rotatable bonds is 8. The van der Waals surface area contributed by atoms with Crippen molar-refractivity contribution in [3.05, 3.63) is 52.0 Å². The van der Waals surface area contributed by atoms with Gasteiger partial charge in [-0.1, -0.05) is 70.9 Å². The molecule has 0 radical (unpaired) electrons. The summed E-state index contributed by atoms with van der Waals surface area (Å²) in [6.45, 7) is 8.62. The Morgan fingerprint density at radius 2 is 1.83 bits per heavy atom. The molecule has 0 bridgehead atoms. The van der Waals surface area contributed by atoms with Crippen LogP contribution in [0, 0.1) is 5.92 Å². The van der Waals surface area contributed by atoms with E-state index in [2.05, 4.69) is 50.1 Å². The van der Waals surface area contributed by atoms with E-state index in [0.29, 0.717) is 18.3 Å². The van der Waals surface area contributed by atoms with Crippen molar-refractivity contribution in [3.8, 4) is 0 Å². The van der Waals surface area contributed by atoms with E-state index in [4.69, 9.17) is 0 Å². The van der Waals surface area contributed by atoms with Crippen LogP contribution in [-0.2, 0) is 11.2 Å². The van der Waals surface area contributed by atoms with Gasteiger partial charge in [0.15, 0.2) is 0 Å². The van der Waals surface area contributed by atoms with Crippen LogP contribution in [-0.4, -0.2) is 10.9 Å². The van der Waals surface area contributed by atoms with Crippen LogP contribution in [0.1, 0.15) is 68.8 Å². The van der Waals surface area contributed by atoms with E-state index >= 15 is 0 Å². The number of hydrogen-bond donors (Lipinski definition) is 1. The largest absolute Gasteiger partial charge is 0.349 e. The predicted molar refractivity (Wildman–Crippen MR) is 101 cm³/mol. The number of carbonyl (C=O) groups is 1. The molecule has 130 valence electrons. The van der Waals surface area contributed by atoms with Crippen molar-refractivity contribution in [2.75, 3.05) is 0 Å². The highest BCUT2D eigenvalue weighted by molar-refractivity contribution is 7.09. The molecule has 0 aliphatic rings. The summed E-state index contributed by atoms with van der Waals surface area (Å²) >= 11 is 1.64. The third-order valence-corrected chi connectivity index (χ3v) is 5.59. The van der Waals surface area contributed by atoms with Gasteiger partial charge in [-0.2, -0.15) is 0 Å². The Morgan fingerprint density at radius 3 is 2.38 bits per heavy atom. The molecule has 0 aliphatic carbocycles. The van der Waals surface area contributed by atoms with E-state index in [1.165, 1.54) is 5.56 Å². The third-order valence-electron chi connectivity index (χ3n) is 4.40. The molecular weight excluding hydrogens is 316 g/mol. The number of thiazole rings is 1. The van der Waals surface area contributed by atoms with Crippen molar-refractivity contribution in [3.63, 3.8) is 0 Å². The molecule has 1 aromatic heterocycles. The second-order valence-corrected chi connectivity index (χ2v) is 7.43. The molecule has 2 aromatic rings.